The highest BCUT2D eigenvalue weighted by Gasteiger charge is 2.24. The second-order valence-electron chi connectivity index (χ2n) is 7.28. The number of rotatable bonds is 6. The van der Waals surface area contributed by atoms with Gasteiger partial charge in [-0.05, 0) is 28.0 Å². The Labute approximate surface area is 154 Å². The first-order chi connectivity index (χ1) is 11.7. The molecule has 0 aliphatic heterocycles. The van der Waals surface area contributed by atoms with Gasteiger partial charge in [0, 0.05) is 32.4 Å². The van der Waals surface area contributed by atoms with E-state index in [0.29, 0.717) is 17.6 Å². The van der Waals surface area contributed by atoms with E-state index in [-0.39, 0.29) is 12.4 Å². The highest BCUT2D eigenvalue weighted by molar-refractivity contribution is 9.10. The van der Waals surface area contributed by atoms with Crippen molar-refractivity contribution in [2.45, 2.75) is 32.4 Å². The Morgan fingerprint density at radius 3 is 2.72 bits per heavy atom. The van der Waals surface area contributed by atoms with E-state index < -0.39 is 14.0 Å². The van der Waals surface area contributed by atoms with E-state index >= 15 is 0 Å². The summed E-state index contributed by atoms with van der Waals surface area (Å²) in [5.41, 5.74) is 2.83. The molecule has 0 atom stereocenters. The number of hydrogen-bond donors (Lipinski definition) is 1. The maximum atomic E-state index is 11.6. The average molecular weight is 425 g/mol. The van der Waals surface area contributed by atoms with Crippen LogP contribution in [0.1, 0.15) is 10.5 Å². The molecule has 1 N–H and O–H groups in total. The topological polar surface area (TPSA) is 82.2 Å². The zero-order valence-corrected chi connectivity index (χ0v) is 17.3. The van der Waals surface area contributed by atoms with E-state index in [4.69, 9.17) is 4.74 Å². The molecule has 0 aromatic carbocycles. The molecule has 3 aromatic rings. The fourth-order valence-corrected chi connectivity index (χ4v) is 3.83. The van der Waals surface area contributed by atoms with Gasteiger partial charge in [0.1, 0.15) is 23.3 Å². The van der Waals surface area contributed by atoms with Crippen molar-refractivity contribution in [1.29, 1.82) is 0 Å². The van der Waals surface area contributed by atoms with Crippen LogP contribution in [0.3, 0.4) is 0 Å². The predicted octanol–water partition coefficient (Wildman–Crippen LogP) is 3.70. The van der Waals surface area contributed by atoms with Crippen LogP contribution in [0.15, 0.2) is 16.7 Å². The van der Waals surface area contributed by atoms with Gasteiger partial charge in [0.2, 0.25) is 0 Å². The van der Waals surface area contributed by atoms with Crippen molar-refractivity contribution in [2.75, 3.05) is 6.61 Å². The summed E-state index contributed by atoms with van der Waals surface area (Å²) in [5.74, 6) is -1.06. The minimum absolute atomic E-state index is 0.0143. The van der Waals surface area contributed by atoms with Gasteiger partial charge in [0.05, 0.1) is 5.52 Å². The molecule has 25 heavy (non-hydrogen) atoms. The lowest BCUT2D eigenvalue weighted by molar-refractivity contribution is 0.0676. The number of nitrogens with zero attached hydrogens (tertiary/aromatic N) is 4. The van der Waals surface area contributed by atoms with Crippen LogP contribution < -0.4 is 0 Å². The van der Waals surface area contributed by atoms with E-state index in [9.17, 15) is 9.90 Å². The molecule has 0 bridgehead atoms. The lowest BCUT2D eigenvalue weighted by Gasteiger charge is -2.15. The van der Waals surface area contributed by atoms with E-state index in [1.165, 1.54) is 0 Å². The molecule has 0 fully saturated rings. The first kappa shape index (κ1) is 18.1. The zero-order valence-electron chi connectivity index (χ0n) is 14.7. The molecule has 9 heteroatoms. The molecule has 7 nitrogen and oxygen atoms in total. The third-order valence-corrected chi connectivity index (χ3v) is 6.23. The van der Waals surface area contributed by atoms with Gasteiger partial charge in [-0.3, -0.25) is 4.98 Å². The molecule has 0 unspecified atom stereocenters. The molecule has 134 valence electrons. The summed E-state index contributed by atoms with van der Waals surface area (Å²) < 4.78 is 10.0. The number of carboxylic acids is 1. The molecular weight excluding hydrogens is 404 g/mol. The Morgan fingerprint density at radius 1 is 1.36 bits per heavy atom. The van der Waals surface area contributed by atoms with Crippen molar-refractivity contribution in [3.63, 3.8) is 0 Å². The third kappa shape index (κ3) is 3.49. The molecule has 3 rings (SSSR count). The van der Waals surface area contributed by atoms with Crippen molar-refractivity contribution in [3.8, 4) is 0 Å². The number of halogens is 1. The van der Waals surface area contributed by atoms with Gasteiger partial charge >= 0.3 is 5.97 Å². The summed E-state index contributed by atoms with van der Waals surface area (Å²) >= 11 is 3.41. The van der Waals surface area contributed by atoms with Crippen LogP contribution in [-0.2, 0) is 18.5 Å². The summed E-state index contributed by atoms with van der Waals surface area (Å²) in [7, 11) is 0.645. The van der Waals surface area contributed by atoms with Crippen LogP contribution >= 0.6 is 15.9 Å². The zero-order chi connectivity index (χ0) is 18.4. The van der Waals surface area contributed by atoms with Gasteiger partial charge in [0.25, 0.3) is 0 Å². The molecule has 3 aromatic heterocycles. The predicted molar refractivity (Wildman–Crippen MR) is 103 cm³/mol. The van der Waals surface area contributed by atoms with Crippen LogP contribution in [0.25, 0.3) is 22.1 Å². The van der Waals surface area contributed by atoms with E-state index in [1.54, 1.807) is 10.9 Å². The summed E-state index contributed by atoms with van der Waals surface area (Å²) in [6.07, 6.45) is 1.70. The SMILES string of the molecule is Cn1c2cc(Br)cnc2c2c1c(C(=O)O)nn2COCC[Si](C)(C)C. The standard InChI is InChI=1S/C16H21BrN4O3Si/c1-20-11-7-10(17)8-18-12(11)15-14(20)13(16(22)23)19-21(15)9-24-5-6-25(2,3)4/h7-8H,5-6,9H2,1-4H3,(H,22,23). The van der Waals surface area contributed by atoms with Crippen molar-refractivity contribution in [3.05, 3.63) is 22.4 Å². The molecule has 0 radical (unpaired) electrons. The fourth-order valence-electron chi connectivity index (χ4n) is 2.76. The van der Waals surface area contributed by atoms with Gasteiger partial charge in [-0.15, -0.1) is 0 Å². The second-order valence-corrected chi connectivity index (χ2v) is 13.8. The Balaban J connectivity index is 2.05. The van der Waals surface area contributed by atoms with E-state index in [1.807, 2.05) is 17.7 Å². The van der Waals surface area contributed by atoms with Gasteiger partial charge in [-0.1, -0.05) is 19.6 Å². The van der Waals surface area contributed by atoms with Gasteiger partial charge in [-0.25, -0.2) is 9.48 Å². The van der Waals surface area contributed by atoms with Gasteiger partial charge < -0.3 is 14.4 Å². The van der Waals surface area contributed by atoms with Crippen LogP contribution in [0.2, 0.25) is 25.7 Å². The molecule has 0 amide bonds. The molecule has 3 heterocycles. The Morgan fingerprint density at radius 2 is 2.08 bits per heavy atom. The third-order valence-electron chi connectivity index (χ3n) is 4.10. The minimum Gasteiger partial charge on any atom is -0.476 e. The van der Waals surface area contributed by atoms with Crippen LogP contribution in [-0.4, -0.2) is 45.1 Å². The quantitative estimate of drug-likeness (QED) is 0.481. The van der Waals surface area contributed by atoms with E-state index in [2.05, 4.69) is 45.7 Å². The number of fused-ring (bicyclic) bond motifs is 3. The van der Waals surface area contributed by atoms with Gasteiger partial charge in [0.15, 0.2) is 5.69 Å². The average Bonchev–Trinajstić information content (AvgIpc) is 3.01. The number of hydrogen-bond acceptors (Lipinski definition) is 4. The van der Waals surface area contributed by atoms with Crippen molar-refractivity contribution in [1.82, 2.24) is 19.3 Å². The minimum atomic E-state index is -1.18. The summed E-state index contributed by atoms with van der Waals surface area (Å²) in [5, 5.41) is 13.8. The molecule has 0 spiro atoms. The number of pyridine rings is 1. The maximum absolute atomic E-state index is 11.6. The Hall–Kier alpha value is -1.71. The number of aromatic nitrogens is 4. The first-order valence-corrected chi connectivity index (χ1v) is 12.5. The Bertz CT molecular complexity index is 958. The number of aryl methyl sites for hydroxylation is 1. The van der Waals surface area contributed by atoms with Crippen molar-refractivity contribution >= 4 is 52.0 Å². The second kappa shape index (κ2) is 6.54. The lowest BCUT2D eigenvalue weighted by Crippen LogP contribution is -2.22. The van der Waals surface area contributed by atoms with Crippen LogP contribution in [0, 0.1) is 0 Å². The summed E-state index contributed by atoms with van der Waals surface area (Å²) in [4.78, 5) is 16.1. The highest BCUT2D eigenvalue weighted by Crippen LogP contribution is 2.30. The summed E-state index contributed by atoms with van der Waals surface area (Å²) in [6, 6.07) is 2.97. The molecule has 0 saturated carbocycles. The number of ether oxygens (including phenoxy) is 1. The van der Waals surface area contributed by atoms with Crippen molar-refractivity contribution < 1.29 is 14.6 Å². The number of aromatic carboxylic acids is 1. The van der Waals surface area contributed by atoms with E-state index in [0.717, 1.165) is 21.6 Å². The highest BCUT2D eigenvalue weighted by atomic mass is 79.9. The maximum Gasteiger partial charge on any atom is 0.358 e. The van der Waals surface area contributed by atoms with Crippen LogP contribution in [0.4, 0.5) is 0 Å². The number of carbonyl (C=O) groups is 1. The Kier molecular flexibility index (Phi) is 4.73. The largest absolute Gasteiger partial charge is 0.476 e. The molecule has 0 aliphatic carbocycles. The molecule has 0 aliphatic rings. The summed E-state index contributed by atoms with van der Waals surface area (Å²) in [6.45, 7) is 7.72. The molecule has 0 saturated heterocycles. The first-order valence-electron chi connectivity index (χ1n) is 8.00. The number of carboxylic acid groups (broad SMARTS) is 1. The van der Waals surface area contributed by atoms with Gasteiger partial charge in [-0.2, -0.15) is 5.10 Å². The fraction of sp³-hybridized carbons (Fsp3) is 0.438. The normalized spacial score (nSPS) is 12.4. The monoisotopic (exact) mass is 424 g/mol. The lowest BCUT2D eigenvalue weighted by atomic mass is 10.3. The van der Waals surface area contributed by atoms with Crippen molar-refractivity contribution in [2.24, 2.45) is 7.05 Å². The van der Waals surface area contributed by atoms with Crippen LogP contribution in [0.5, 0.6) is 0 Å². The smallest absolute Gasteiger partial charge is 0.358 e. The molecular formula is C16H21BrN4O3Si.